The third kappa shape index (κ3) is 4.72. The molecule has 4 heteroatoms. The molecule has 1 aromatic rings. The molecule has 1 heterocycles. The number of rotatable bonds is 7. The van der Waals surface area contributed by atoms with Gasteiger partial charge in [0.15, 0.2) is 0 Å². The average molecular weight is 263 g/mol. The highest BCUT2D eigenvalue weighted by atomic mass is 32.1. The van der Waals surface area contributed by atoms with E-state index in [1.807, 2.05) is 12.1 Å². The van der Waals surface area contributed by atoms with Crippen LogP contribution >= 0.6 is 11.3 Å². The highest BCUT2D eigenvalue weighted by Gasteiger charge is 2.06. The Balaban J connectivity index is 2.58. The van der Waals surface area contributed by atoms with Crippen LogP contribution in [-0.2, 0) is 11.2 Å². The molecule has 0 saturated heterocycles. The Morgan fingerprint density at radius 3 is 2.83 bits per heavy atom. The summed E-state index contributed by atoms with van der Waals surface area (Å²) in [6.45, 7) is 2.18. The third-order valence-electron chi connectivity index (χ3n) is 2.60. The lowest BCUT2D eigenvalue weighted by Crippen LogP contribution is -1.96. The lowest BCUT2D eigenvalue weighted by molar-refractivity contribution is -0.132. The molecule has 0 unspecified atom stereocenters. The molecule has 0 aromatic carbocycles. The molecule has 1 aromatic heterocycles. The first-order valence-corrected chi connectivity index (χ1v) is 6.92. The summed E-state index contributed by atoms with van der Waals surface area (Å²) in [4.78, 5) is 12.8. The van der Waals surface area contributed by atoms with Crippen LogP contribution < -0.4 is 0 Å². The van der Waals surface area contributed by atoms with Crippen molar-refractivity contribution in [2.24, 2.45) is 0 Å². The van der Waals surface area contributed by atoms with E-state index in [1.54, 1.807) is 17.4 Å². The van der Waals surface area contributed by atoms with Gasteiger partial charge in [0.05, 0.1) is 0 Å². The van der Waals surface area contributed by atoms with Crippen molar-refractivity contribution in [3.63, 3.8) is 0 Å². The van der Waals surface area contributed by atoms with Gasteiger partial charge in [0.25, 0.3) is 0 Å². The van der Waals surface area contributed by atoms with Crippen LogP contribution in [0.15, 0.2) is 17.7 Å². The Bertz CT molecular complexity index is 468. The van der Waals surface area contributed by atoms with Crippen molar-refractivity contribution in [2.45, 2.75) is 39.0 Å². The second-order valence-electron chi connectivity index (χ2n) is 4.09. The molecule has 0 aliphatic carbocycles. The first-order valence-electron chi connectivity index (χ1n) is 6.11. The quantitative estimate of drug-likeness (QED) is 0.461. The van der Waals surface area contributed by atoms with Gasteiger partial charge < -0.3 is 5.11 Å². The molecule has 18 heavy (non-hydrogen) atoms. The molecule has 0 fully saturated rings. The summed E-state index contributed by atoms with van der Waals surface area (Å²) >= 11 is 1.56. The zero-order valence-corrected chi connectivity index (χ0v) is 11.3. The number of unbranched alkanes of at least 4 members (excludes halogenated alkanes) is 3. The topological polar surface area (TPSA) is 61.1 Å². The Kier molecular flexibility index (Phi) is 6.16. The van der Waals surface area contributed by atoms with Crippen molar-refractivity contribution in [2.75, 3.05) is 0 Å². The highest BCUT2D eigenvalue weighted by molar-refractivity contribution is 7.12. The fourth-order valence-corrected chi connectivity index (χ4v) is 2.61. The number of hydrogen-bond acceptors (Lipinski definition) is 3. The predicted octanol–water partition coefficient (Wildman–Crippen LogP) is 3.86. The maximum absolute atomic E-state index is 10.7. The summed E-state index contributed by atoms with van der Waals surface area (Å²) in [5, 5.41) is 17.4. The maximum atomic E-state index is 10.7. The van der Waals surface area contributed by atoms with Crippen LogP contribution in [0.25, 0.3) is 6.08 Å². The van der Waals surface area contributed by atoms with Gasteiger partial charge in [0, 0.05) is 9.75 Å². The molecule has 0 saturated carbocycles. The van der Waals surface area contributed by atoms with Crippen molar-refractivity contribution >= 4 is 23.4 Å². The van der Waals surface area contributed by atoms with E-state index >= 15 is 0 Å². The fraction of sp³-hybridized carbons (Fsp3) is 0.429. The van der Waals surface area contributed by atoms with Crippen LogP contribution in [0.5, 0.6) is 0 Å². The van der Waals surface area contributed by atoms with Crippen molar-refractivity contribution in [1.29, 1.82) is 5.26 Å². The van der Waals surface area contributed by atoms with Gasteiger partial charge in [-0.1, -0.05) is 26.2 Å². The SMILES string of the molecule is CCCCCCc1ccc(/C=C(\C#N)C(=O)O)s1. The zero-order valence-electron chi connectivity index (χ0n) is 10.5. The van der Waals surface area contributed by atoms with E-state index in [0.29, 0.717) is 0 Å². The second kappa shape index (κ2) is 7.67. The van der Waals surface area contributed by atoms with E-state index < -0.39 is 5.97 Å². The summed E-state index contributed by atoms with van der Waals surface area (Å²) in [5.41, 5.74) is -0.214. The molecule has 0 spiro atoms. The van der Waals surface area contributed by atoms with Crippen molar-refractivity contribution < 1.29 is 9.90 Å². The Morgan fingerprint density at radius 2 is 2.22 bits per heavy atom. The van der Waals surface area contributed by atoms with Gasteiger partial charge in [-0.25, -0.2) is 4.79 Å². The number of hydrogen-bond donors (Lipinski definition) is 1. The van der Waals surface area contributed by atoms with Crippen LogP contribution in [0.3, 0.4) is 0 Å². The number of carboxylic acid groups (broad SMARTS) is 1. The summed E-state index contributed by atoms with van der Waals surface area (Å²) in [6.07, 6.45) is 7.36. The minimum Gasteiger partial charge on any atom is -0.477 e. The highest BCUT2D eigenvalue weighted by Crippen LogP contribution is 2.21. The van der Waals surface area contributed by atoms with E-state index in [2.05, 4.69) is 6.92 Å². The lowest BCUT2D eigenvalue weighted by atomic mass is 10.1. The van der Waals surface area contributed by atoms with Crippen molar-refractivity contribution in [1.82, 2.24) is 0 Å². The molecule has 96 valence electrons. The van der Waals surface area contributed by atoms with Gasteiger partial charge in [-0.2, -0.15) is 5.26 Å². The van der Waals surface area contributed by atoms with Gasteiger partial charge in [0.1, 0.15) is 11.6 Å². The largest absolute Gasteiger partial charge is 0.477 e. The first-order chi connectivity index (χ1) is 8.67. The zero-order chi connectivity index (χ0) is 13.4. The number of carbonyl (C=O) groups is 1. The minimum atomic E-state index is -1.17. The molecular formula is C14H17NO2S. The first kappa shape index (κ1) is 14.5. The number of nitriles is 1. The maximum Gasteiger partial charge on any atom is 0.346 e. The fourth-order valence-electron chi connectivity index (χ4n) is 1.62. The van der Waals surface area contributed by atoms with Crippen molar-refractivity contribution in [3.05, 3.63) is 27.5 Å². The molecule has 3 nitrogen and oxygen atoms in total. The van der Waals surface area contributed by atoms with Crippen molar-refractivity contribution in [3.8, 4) is 6.07 Å². The molecule has 0 atom stereocenters. The molecular weight excluding hydrogens is 246 g/mol. The van der Waals surface area contributed by atoms with E-state index in [-0.39, 0.29) is 5.57 Å². The minimum absolute atomic E-state index is 0.214. The van der Waals surface area contributed by atoms with E-state index in [1.165, 1.54) is 36.6 Å². The Morgan fingerprint density at radius 1 is 1.44 bits per heavy atom. The Labute approximate surface area is 111 Å². The van der Waals surface area contributed by atoms with Gasteiger partial charge in [-0.3, -0.25) is 0 Å². The molecule has 0 radical (unpaired) electrons. The van der Waals surface area contributed by atoms with E-state index in [9.17, 15) is 4.79 Å². The van der Waals surface area contributed by atoms with Crippen LogP contribution in [-0.4, -0.2) is 11.1 Å². The summed E-state index contributed by atoms with van der Waals surface area (Å²) in [7, 11) is 0. The molecule has 1 N–H and O–H groups in total. The molecule has 0 aliphatic rings. The number of nitrogens with zero attached hydrogens (tertiary/aromatic N) is 1. The van der Waals surface area contributed by atoms with Gasteiger partial charge >= 0.3 is 5.97 Å². The van der Waals surface area contributed by atoms with E-state index in [4.69, 9.17) is 10.4 Å². The number of thiophene rings is 1. The van der Waals surface area contributed by atoms with Gasteiger partial charge in [-0.05, 0) is 31.1 Å². The monoisotopic (exact) mass is 263 g/mol. The van der Waals surface area contributed by atoms with Crippen LogP contribution in [0, 0.1) is 11.3 Å². The summed E-state index contributed by atoms with van der Waals surface area (Å²) in [5.74, 6) is -1.17. The standard InChI is InChI=1S/C14H17NO2S/c1-2-3-4-5-6-12-7-8-13(18-12)9-11(10-15)14(16)17/h7-9H,2-6H2,1H3,(H,16,17)/b11-9+. The molecule has 1 rings (SSSR count). The molecule has 0 bridgehead atoms. The second-order valence-corrected chi connectivity index (χ2v) is 5.29. The summed E-state index contributed by atoms with van der Waals surface area (Å²) < 4.78 is 0. The average Bonchev–Trinajstić information content (AvgIpc) is 2.79. The lowest BCUT2D eigenvalue weighted by Gasteiger charge is -1.96. The van der Waals surface area contributed by atoms with Crippen LogP contribution in [0.4, 0.5) is 0 Å². The van der Waals surface area contributed by atoms with Crippen LogP contribution in [0.1, 0.15) is 42.4 Å². The smallest absolute Gasteiger partial charge is 0.346 e. The van der Waals surface area contributed by atoms with E-state index in [0.717, 1.165) is 11.3 Å². The predicted molar refractivity (Wildman–Crippen MR) is 73.4 cm³/mol. The third-order valence-corrected chi connectivity index (χ3v) is 3.69. The number of aliphatic carboxylic acids is 1. The molecule has 0 aliphatic heterocycles. The van der Waals surface area contributed by atoms with Crippen LogP contribution in [0.2, 0.25) is 0 Å². The Hall–Kier alpha value is -1.60. The molecule has 0 amide bonds. The van der Waals surface area contributed by atoms with Gasteiger partial charge in [-0.15, -0.1) is 11.3 Å². The summed E-state index contributed by atoms with van der Waals surface area (Å²) in [6, 6.07) is 5.58. The number of carboxylic acids is 1. The van der Waals surface area contributed by atoms with Gasteiger partial charge in [0.2, 0.25) is 0 Å². The number of aryl methyl sites for hydroxylation is 1. The normalized spacial score (nSPS) is 11.2.